The maximum absolute atomic E-state index is 12.6. The number of hydrogen-bond donors (Lipinski definition) is 4. The number of unbranched alkanes of at least 4 members (excludes halogenated alkanes) is 3. The molecule has 4 N–H and O–H groups in total. The molecule has 0 radical (unpaired) electrons. The van der Waals surface area contributed by atoms with Gasteiger partial charge in [0.1, 0.15) is 11.8 Å². The van der Waals surface area contributed by atoms with Gasteiger partial charge >= 0.3 is 0 Å². The first kappa shape index (κ1) is 31.9. The van der Waals surface area contributed by atoms with Gasteiger partial charge in [0.15, 0.2) is 5.78 Å². The van der Waals surface area contributed by atoms with Gasteiger partial charge in [-0.15, -0.1) is 0 Å². The highest BCUT2D eigenvalue weighted by Crippen LogP contribution is 2.20. The predicted octanol–water partition coefficient (Wildman–Crippen LogP) is 2.16. The Morgan fingerprint density at radius 1 is 0.750 bits per heavy atom. The number of nitrogens with one attached hydrogen (secondary N) is 4. The molecular weight excluding hydrogens is 568 g/mol. The van der Waals surface area contributed by atoms with Gasteiger partial charge in [-0.05, 0) is 42.7 Å². The molecule has 44 heavy (non-hydrogen) atoms. The third kappa shape index (κ3) is 9.25. The van der Waals surface area contributed by atoms with Crippen LogP contribution in [0.5, 0.6) is 0 Å². The number of benzene rings is 2. The maximum atomic E-state index is 12.6. The second-order valence-corrected chi connectivity index (χ2v) is 11.0. The number of rotatable bonds is 15. The van der Waals surface area contributed by atoms with Crippen LogP contribution in [-0.2, 0) is 35.2 Å². The summed E-state index contributed by atoms with van der Waals surface area (Å²) < 4.78 is 0. The van der Waals surface area contributed by atoms with Crippen LogP contribution in [-0.4, -0.2) is 53.1 Å². The number of carbonyl (C=O) groups is 8. The fourth-order valence-electron chi connectivity index (χ4n) is 5.12. The molecular formula is C32H34N4O8. The fraction of sp³-hybridized carbons (Fsp3) is 0.375. The summed E-state index contributed by atoms with van der Waals surface area (Å²) in [6, 6.07) is 12.2. The van der Waals surface area contributed by atoms with Crippen molar-refractivity contribution in [3.8, 4) is 0 Å². The maximum Gasteiger partial charge on any atom is 0.251 e. The van der Waals surface area contributed by atoms with E-state index in [1.165, 1.54) is 0 Å². The summed E-state index contributed by atoms with van der Waals surface area (Å²) in [4.78, 5) is 96.0. The van der Waals surface area contributed by atoms with Gasteiger partial charge in [-0.1, -0.05) is 37.1 Å². The molecule has 12 nitrogen and oxygen atoms in total. The van der Waals surface area contributed by atoms with Crippen molar-refractivity contribution in [3.05, 3.63) is 65.2 Å². The van der Waals surface area contributed by atoms with Crippen LogP contribution in [0.1, 0.15) is 84.1 Å². The Hall–Kier alpha value is -5.00. The Morgan fingerprint density at radius 3 is 2.14 bits per heavy atom. The highest BCUT2D eigenvalue weighted by atomic mass is 16.2. The van der Waals surface area contributed by atoms with Gasteiger partial charge in [0.2, 0.25) is 29.5 Å². The van der Waals surface area contributed by atoms with E-state index in [0.717, 1.165) is 12.8 Å². The molecule has 2 atom stereocenters. The molecule has 2 aliphatic heterocycles. The lowest BCUT2D eigenvalue weighted by Gasteiger charge is -2.10. The van der Waals surface area contributed by atoms with Gasteiger partial charge in [0, 0.05) is 48.9 Å². The average Bonchev–Trinajstić information content (AvgIpc) is 3.47. The Balaban J connectivity index is 1.11. The lowest BCUT2D eigenvalue weighted by Crippen LogP contribution is -2.40. The molecule has 0 unspecified atom stereocenters. The van der Waals surface area contributed by atoms with Crippen molar-refractivity contribution in [2.45, 2.75) is 70.3 Å². The monoisotopic (exact) mass is 602 g/mol. The van der Waals surface area contributed by atoms with E-state index in [0.29, 0.717) is 41.6 Å². The molecule has 12 heteroatoms. The van der Waals surface area contributed by atoms with Crippen LogP contribution in [0, 0.1) is 5.92 Å². The third-order valence-electron chi connectivity index (χ3n) is 7.44. The van der Waals surface area contributed by atoms with Crippen molar-refractivity contribution in [1.29, 1.82) is 0 Å². The molecule has 2 aliphatic rings. The van der Waals surface area contributed by atoms with Gasteiger partial charge in [0.05, 0.1) is 12.3 Å². The fourth-order valence-corrected chi connectivity index (χ4v) is 5.12. The van der Waals surface area contributed by atoms with E-state index in [1.54, 1.807) is 48.5 Å². The van der Waals surface area contributed by atoms with Crippen LogP contribution in [0.25, 0.3) is 0 Å². The number of amides is 6. The van der Waals surface area contributed by atoms with E-state index in [2.05, 4.69) is 21.3 Å². The summed E-state index contributed by atoms with van der Waals surface area (Å²) in [7, 11) is 0. The molecule has 2 aromatic carbocycles. The quantitative estimate of drug-likeness (QED) is 0.136. The zero-order valence-corrected chi connectivity index (χ0v) is 24.1. The van der Waals surface area contributed by atoms with E-state index in [4.69, 9.17) is 0 Å². The van der Waals surface area contributed by atoms with Crippen LogP contribution in [0.4, 0.5) is 5.69 Å². The molecule has 2 heterocycles. The molecule has 230 valence electrons. The molecule has 0 spiro atoms. The third-order valence-corrected chi connectivity index (χ3v) is 7.44. The van der Waals surface area contributed by atoms with Gasteiger partial charge in [-0.2, -0.15) is 0 Å². The van der Waals surface area contributed by atoms with Crippen molar-refractivity contribution in [3.63, 3.8) is 0 Å². The number of carbonyl (C=O) groups excluding carboxylic acids is 8. The van der Waals surface area contributed by atoms with Crippen LogP contribution in [0.3, 0.4) is 0 Å². The molecule has 2 fully saturated rings. The Bertz CT molecular complexity index is 1390. The molecule has 0 saturated carbocycles. The number of Topliss-reactive ketones (excluding diaryl/α,β-unsaturated/α-hetero) is 2. The van der Waals surface area contributed by atoms with Crippen molar-refractivity contribution >= 4 is 52.7 Å². The number of anilines is 1. The predicted molar refractivity (Wildman–Crippen MR) is 157 cm³/mol. The zero-order chi connectivity index (χ0) is 31.6. The lowest BCUT2D eigenvalue weighted by molar-refractivity contribution is -0.127. The van der Waals surface area contributed by atoms with Gasteiger partial charge in [-0.3, -0.25) is 49.0 Å². The number of ketones is 2. The second-order valence-electron chi connectivity index (χ2n) is 11.0. The standard InChI is InChI=1S/C32H34N4O8/c37-24(14-19-7-5-9-21(13-19)30(42)34-25-18-29(41)36-32(25)44)11-3-1-2-4-12-27(39)33-23-10-6-8-20(15-23)26(38)16-22-17-28(40)35-31(22)43/h5-10,13,15,22,25H,1-4,11-12,14,16-18H2,(H,33,39)(H,34,42)(H,35,40,43)(H,36,41,44)/t22-,25-/m0/s1. The van der Waals surface area contributed by atoms with Crippen molar-refractivity contribution in [2.24, 2.45) is 5.92 Å². The minimum atomic E-state index is -0.902. The first-order valence-electron chi connectivity index (χ1n) is 14.6. The van der Waals surface area contributed by atoms with Gasteiger partial charge < -0.3 is 10.6 Å². The Labute approximate surface area is 253 Å². The molecule has 0 aromatic heterocycles. The topological polar surface area (TPSA) is 185 Å². The minimum absolute atomic E-state index is 0.00180. The smallest absolute Gasteiger partial charge is 0.251 e. The van der Waals surface area contributed by atoms with Crippen LogP contribution >= 0.6 is 0 Å². The first-order valence-corrected chi connectivity index (χ1v) is 14.6. The van der Waals surface area contributed by atoms with E-state index in [9.17, 15) is 38.4 Å². The van der Waals surface area contributed by atoms with Crippen molar-refractivity contribution in [2.75, 3.05) is 5.32 Å². The summed E-state index contributed by atoms with van der Waals surface area (Å²) in [5.41, 5.74) is 1.80. The number of imide groups is 2. The highest BCUT2D eigenvalue weighted by molar-refractivity contribution is 6.08. The normalized spacial score (nSPS) is 17.6. The molecule has 0 bridgehead atoms. The Morgan fingerprint density at radius 2 is 1.43 bits per heavy atom. The molecule has 2 aromatic rings. The average molecular weight is 603 g/mol. The van der Waals surface area contributed by atoms with Gasteiger partial charge in [0.25, 0.3) is 5.91 Å². The SMILES string of the molecule is O=C(CCCCCCC(=O)Nc1cccc(C(=O)C[C@H]2CC(=O)NC2=O)c1)Cc1cccc(C(=O)N[C@H]2CC(=O)NC2=O)c1. The molecule has 4 rings (SSSR count). The Kier molecular flexibility index (Phi) is 10.8. The second kappa shape index (κ2) is 14.9. The van der Waals surface area contributed by atoms with Crippen molar-refractivity contribution in [1.82, 2.24) is 16.0 Å². The van der Waals surface area contributed by atoms with Gasteiger partial charge in [-0.25, -0.2) is 0 Å². The summed E-state index contributed by atoms with van der Waals surface area (Å²) >= 11 is 0. The van der Waals surface area contributed by atoms with Crippen LogP contribution in [0.2, 0.25) is 0 Å². The summed E-state index contributed by atoms with van der Waals surface area (Å²) in [5, 5.41) is 9.64. The van der Waals surface area contributed by atoms with E-state index in [-0.39, 0.29) is 55.5 Å². The molecule has 6 amide bonds. The largest absolute Gasteiger partial charge is 0.340 e. The zero-order valence-electron chi connectivity index (χ0n) is 24.1. The molecule has 2 saturated heterocycles. The van der Waals surface area contributed by atoms with E-state index in [1.807, 2.05) is 0 Å². The number of hydrogen-bond acceptors (Lipinski definition) is 8. The summed E-state index contributed by atoms with van der Waals surface area (Å²) in [5.74, 6) is -3.42. The van der Waals surface area contributed by atoms with E-state index >= 15 is 0 Å². The lowest BCUT2D eigenvalue weighted by atomic mass is 9.96. The first-order chi connectivity index (χ1) is 21.1. The highest BCUT2D eigenvalue weighted by Gasteiger charge is 2.33. The molecule has 0 aliphatic carbocycles. The van der Waals surface area contributed by atoms with Crippen LogP contribution < -0.4 is 21.3 Å². The van der Waals surface area contributed by atoms with Crippen molar-refractivity contribution < 1.29 is 38.4 Å². The van der Waals surface area contributed by atoms with E-state index < -0.39 is 35.6 Å². The summed E-state index contributed by atoms with van der Waals surface area (Å²) in [6.45, 7) is 0. The van der Waals surface area contributed by atoms with Crippen LogP contribution in [0.15, 0.2) is 48.5 Å². The summed E-state index contributed by atoms with van der Waals surface area (Å²) in [6.07, 6.45) is 3.46. The minimum Gasteiger partial charge on any atom is -0.340 e.